The van der Waals surface area contributed by atoms with Gasteiger partial charge in [0.05, 0.1) is 5.92 Å². The van der Waals surface area contributed by atoms with E-state index in [0.717, 1.165) is 6.42 Å². The lowest BCUT2D eigenvalue weighted by molar-refractivity contribution is -0.141. The number of nitrogens with zero attached hydrogens (tertiary/aromatic N) is 2. The molecule has 0 aromatic rings. The first-order valence-corrected chi connectivity index (χ1v) is 7.64. The second-order valence-electron chi connectivity index (χ2n) is 7.12. The minimum absolute atomic E-state index is 0.0812. The largest absolute Gasteiger partial charge is 0.481 e. The van der Waals surface area contributed by atoms with E-state index in [1.54, 1.807) is 9.80 Å². The Labute approximate surface area is 130 Å². The number of carbonyl (C=O) groups is 3. The number of carboxylic acids is 1. The van der Waals surface area contributed by atoms with Crippen molar-refractivity contribution in [2.24, 2.45) is 11.8 Å². The molecule has 0 radical (unpaired) electrons. The molecule has 0 aromatic heterocycles. The van der Waals surface area contributed by atoms with E-state index in [9.17, 15) is 14.4 Å². The molecular weight excluding hydrogens is 288 g/mol. The zero-order valence-electron chi connectivity index (χ0n) is 13.4. The molecule has 1 N–H and O–H groups in total. The highest BCUT2D eigenvalue weighted by atomic mass is 16.6. The summed E-state index contributed by atoms with van der Waals surface area (Å²) in [6.07, 6.45) is 0.560. The van der Waals surface area contributed by atoms with Crippen LogP contribution in [-0.4, -0.2) is 64.7 Å². The molecule has 2 rings (SSSR count). The van der Waals surface area contributed by atoms with E-state index in [4.69, 9.17) is 9.84 Å². The van der Waals surface area contributed by atoms with Crippen LogP contribution in [-0.2, 0) is 14.3 Å². The van der Waals surface area contributed by atoms with E-state index in [0.29, 0.717) is 19.6 Å². The van der Waals surface area contributed by atoms with E-state index < -0.39 is 17.5 Å². The Morgan fingerprint density at radius 1 is 1.32 bits per heavy atom. The van der Waals surface area contributed by atoms with Crippen LogP contribution in [0.15, 0.2) is 0 Å². The highest BCUT2D eigenvalue weighted by Gasteiger charge is 2.37. The summed E-state index contributed by atoms with van der Waals surface area (Å²) in [5.41, 5.74) is -0.519. The fourth-order valence-electron chi connectivity index (χ4n) is 2.90. The molecule has 2 heterocycles. The summed E-state index contributed by atoms with van der Waals surface area (Å²) in [7, 11) is 0. The van der Waals surface area contributed by atoms with Crippen LogP contribution in [0.1, 0.15) is 33.6 Å². The van der Waals surface area contributed by atoms with Crippen molar-refractivity contribution >= 4 is 18.0 Å². The van der Waals surface area contributed by atoms with Gasteiger partial charge in [-0.05, 0) is 33.1 Å². The maximum atomic E-state index is 12.0. The van der Waals surface area contributed by atoms with E-state index in [1.165, 1.54) is 0 Å². The highest BCUT2D eigenvalue weighted by molar-refractivity contribution is 5.86. The van der Waals surface area contributed by atoms with Gasteiger partial charge in [0.1, 0.15) is 5.60 Å². The summed E-state index contributed by atoms with van der Waals surface area (Å²) in [5.74, 6) is -1.44. The molecule has 7 nitrogen and oxygen atoms in total. The maximum Gasteiger partial charge on any atom is 0.410 e. The Balaban J connectivity index is 1.83. The van der Waals surface area contributed by atoms with Crippen molar-refractivity contribution in [3.63, 3.8) is 0 Å². The number of carboxylic acid groups (broad SMARTS) is 1. The molecule has 0 aromatic carbocycles. The van der Waals surface area contributed by atoms with Crippen molar-refractivity contribution in [1.29, 1.82) is 0 Å². The molecule has 2 fully saturated rings. The molecule has 2 amide bonds. The highest BCUT2D eigenvalue weighted by Crippen LogP contribution is 2.24. The summed E-state index contributed by atoms with van der Waals surface area (Å²) in [4.78, 5) is 38.1. The van der Waals surface area contributed by atoms with Gasteiger partial charge in [0, 0.05) is 32.6 Å². The van der Waals surface area contributed by atoms with Gasteiger partial charge in [-0.15, -0.1) is 0 Å². The van der Waals surface area contributed by atoms with Crippen LogP contribution in [0, 0.1) is 11.8 Å². The molecule has 2 aliphatic rings. The van der Waals surface area contributed by atoms with Gasteiger partial charge < -0.3 is 19.6 Å². The number of ether oxygens (including phenoxy) is 1. The number of hydrogen-bond acceptors (Lipinski definition) is 4. The average Bonchev–Trinajstić information content (AvgIpc) is 2.96. The van der Waals surface area contributed by atoms with Crippen molar-refractivity contribution in [3.05, 3.63) is 0 Å². The zero-order chi connectivity index (χ0) is 16.5. The molecular formula is C15H24N2O5. The fourth-order valence-corrected chi connectivity index (χ4v) is 2.90. The van der Waals surface area contributed by atoms with Gasteiger partial charge in [0.15, 0.2) is 0 Å². The molecule has 2 atom stereocenters. The predicted molar refractivity (Wildman–Crippen MR) is 78.2 cm³/mol. The smallest absolute Gasteiger partial charge is 0.410 e. The predicted octanol–water partition coefficient (Wildman–Crippen LogP) is 1.18. The minimum atomic E-state index is -0.919. The van der Waals surface area contributed by atoms with Crippen LogP contribution in [0.2, 0.25) is 0 Å². The summed E-state index contributed by atoms with van der Waals surface area (Å²) in [6, 6.07) is 0. The molecule has 22 heavy (non-hydrogen) atoms. The third kappa shape index (κ3) is 4.11. The van der Waals surface area contributed by atoms with Crippen molar-refractivity contribution in [2.45, 2.75) is 39.2 Å². The molecule has 2 unspecified atom stereocenters. The number of likely N-dealkylation sites (tertiary alicyclic amines) is 2. The lowest BCUT2D eigenvalue weighted by Gasteiger charge is -2.25. The van der Waals surface area contributed by atoms with Crippen LogP contribution >= 0.6 is 0 Å². The van der Waals surface area contributed by atoms with Gasteiger partial charge in [-0.2, -0.15) is 0 Å². The topological polar surface area (TPSA) is 87.2 Å². The number of hydrogen-bond donors (Lipinski definition) is 1. The van der Waals surface area contributed by atoms with Gasteiger partial charge in [0.2, 0.25) is 5.91 Å². The Morgan fingerprint density at radius 2 is 2.00 bits per heavy atom. The summed E-state index contributed by atoms with van der Waals surface area (Å²) in [5, 5.41) is 8.98. The first-order chi connectivity index (χ1) is 10.2. The van der Waals surface area contributed by atoms with Crippen molar-refractivity contribution < 1.29 is 24.2 Å². The fraction of sp³-hybridized carbons (Fsp3) is 0.800. The van der Waals surface area contributed by atoms with Gasteiger partial charge in [-0.3, -0.25) is 9.59 Å². The average molecular weight is 312 g/mol. The van der Waals surface area contributed by atoms with E-state index in [-0.39, 0.29) is 30.9 Å². The van der Waals surface area contributed by atoms with Gasteiger partial charge in [-0.25, -0.2) is 4.79 Å². The molecule has 2 saturated heterocycles. The van der Waals surface area contributed by atoms with Crippen LogP contribution < -0.4 is 0 Å². The number of amides is 2. The lowest BCUT2D eigenvalue weighted by atomic mass is 10.1. The Bertz CT molecular complexity index is 471. The summed E-state index contributed by atoms with van der Waals surface area (Å²) >= 11 is 0. The Morgan fingerprint density at radius 3 is 2.55 bits per heavy atom. The second-order valence-corrected chi connectivity index (χ2v) is 7.12. The Hall–Kier alpha value is -1.79. The van der Waals surface area contributed by atoms with Crippen LogP contribution in [0.5, 0.6) is 0 Å². The van der Waals surface area contributed by atoms with Gasteiger partial charge >= 0.3 is 12.1 Å². The molecule has 7 heteroatoms. The number of carbonyl (C=O) groups excluding carboxylic acids is 2. The molecule has 0 bridgehead atoms. The minimum Gasteiger partial charge on any atom is -0.481 e. The molecule has 0 spiro atoms. The first-order valence-electron chi connectivity index (χ1n) is 7.64. The number of rotatable bonds is 3. The maximum absolute atomic E-state index is 12.0. The molecule has 0 aliphatic carbocycles. The van der Waals surface area contributed by atoms with Crippen molar-refractivity contribution in [2.75, 3.05) is 26.2 Å². The molecule has 124 valence electrons. The normalized spacial score (nSPS) is 25.7. The van der Waals surface area contributed by atoms with Crippen LogP contribution in [0.4, 0.5) is 4.79 Å². The van der Waals surface area contributed by atoms with Gasteiger partial charge in [0.25, 0.3) is 0 Å². The zero-order valence-corrected chi connectivity index (χ0v) is 13.4. The Kier molecular flexibility index (Phi) is 4.63. The number of aliphatic carboxylic acids is 1. The van der Waals surface area contributed by atoms with Crippen LogP contribution in [0.25, 0.3) is 0 Å². The van der Waals surface area contributed by atoms with E-state index >= 15 is 0 Å². The quantitative estimate of drug-likeness (QED) is 0.845. The van der Waals surface area contributed by atoms with E-state index in [2.05, 4.69) is 0 Å². The monoisotopic (exact) mass is 312 g/mol. The summed E-state index contributed by atoms with van der Waals surface area (Å²) in [6.45, 7) is 7.44. The third-order valence-electron chi connectivity index (χ3n) is 3.98. The second kappa shape index (κ2) is 6.14. The molecule has 2 aliphatic heterocycles. The lowest BCUT2D eigenvalue weighted by Crippen LogP contribution is -2.37. The van der Waals surface area contributed by atoms with Crippen molar-refractivity contribution in [1.82, 2.24) is 9.80 Å². The van der Waals surface area contributed by atoms with E-state index in [1.807, 2.05) is 20.8 Å². The molecule has 0 saturated carbocycles. The SMILES string of the molecule is CC(C)(C)OC(=O)N1CCC(CN2CC(C(=O)O)CC2=O)C1. The van der Waals surface area contributed by atoms with Crippen LogP contribution in [0.3, 0.4) is 0 Å². The van der Waals surface area contributed by atoms with Crippen molar-refractivity contribution in [3.8, 4) is 0 Å². The summed E-state index contributed by atoms with van der Waals surface area (Å²) < 4.78 is 5.34. The first kappa shape index (κ1) is 16.6. The third-order valence-corrected chi connectivity index (χ3v) is 3.98. The van der Waals surface area contributed by atoms with Gasteiger partial charge in [-0.1, -0.05) is 0 Å². The standard InChI is InChI=1S/C15H24N2O5/c1-15(2,3)22-14(21)16-5-4-10(7-16)8-17-9-11(13(19)20)6-12(17)18/h10-11H,4-9H2,1-3H3,(H,19,20).